The fourth-order valence-electron chi connectivity index (χ4n) is 3.09. The van der Waals surface area contributed by atoms with Gasteiger partial charge in [-0.15, -0.1) is 0 Å². The number of fused-ring (bicyclic) bond motifs is 1. The van der Waals surface area contributed by atoms with E-state index in [4.69, 9.17) is 17.3 Å². The van der Waals surface area contributed by atoms with Crippen LogP contribution in [0.5, 0.6) is 0 Å². The van der Waals surface area contributed by atoms with Crippen LogP contribution in [0.25, 0.3) is 10.9 Å². The number of aliphatic hydroxyl groups is 1. The molecule has 0 spiro atoms. The monoisotopic (exact) mass is 305 g/mol. The third kappa shape index (κ3) is 2.84. The van der Waals surface area contributed by atoms with Gasteiger partial charge in [-0.05, 0) is 49.6 Å². The number of piperidine rings is 1. The van der Waals surface area contributed by atoms with Crippen molar-refractivity contribution in [1.29, 1.82) is 0 Å². The molecule has 1 aromatic heterocycles. The van der Waals surface area contributed by atoms with Gasteiger partial charge in [0, 0.05) is 24.7 Å². The van der Waals surface area contributed by atoms with Gasteiger partial charge < -0.3 is 15.7 Å². The number of benzene rings is 1. The van der Waals surface area contributed by atoms with Crippen LogP contribution in [0.1, 0.15) is 18.4 Å². The van der Waals surface area contributed by atoms with Crippen molar-refractivity contribution >= 4 is 28.2 Å². The lowest BCUT2D eigenvalue weighted by molar-refractivity contribution is 0.154. The van der Waals surface area contributed by atoms with E-state index in [1.165, 1.54) is 0 Å². The second kappa shape index (κ2) is 6.18. The first kappa shape index (κ1) is 14.6. The number of β-amino-alcohol motifs (C(OH)–C–C–N with tert-alkyl or cyclic N) is 1. The van der Waals surface area contributed by atoms with Crippen molar-refractivity contribution in [2.24, 2.45) is 5.73 Å². The molecule has 0 radical (unpaired) electrons. The van der Waals surface area contributed by atoms with E-state index < -0.39 is 0 Å². The summed E-state index contributed by atoms with van der Waals surface area (Å²) >= 11 is 6.39. The Balaban J connectivity index is 2.17. The zero-order chi connectivity index (χ0) is 14.8. The molecule has 1 atom stereocenters. The van der Waals surface area contributed by atoms with Crippen molar-refractivity contribution in [3.63, 3.8) is 0 Å². The smallest absolute Gasteiger partial charge is 0.0953 e. The van der Waals surface area contributed by atoms with E-state index >= 15 is 0 Å². The van der Waals surface area contributed by atoms with E-state index in [-0.39, 0.29) is 6.10 Å². The fourth-order valence-corrected chi connectivity index (χ4v) is 3.38. The summed E-state index contributed by atoms with van der Waals surface area (Å²) in [4.78, 5) is 6.76. The lowest BCUT2D eigenvalue weighted by Gasteiger charge is -2.34. The summed E-state index contributed by atoms with van der Waals surface area (Å²) < 4.78 is 0. The molecule has 21 heavy (non-hydrogen) atoms. The summed E-state index contributed by atoms with van der Waals surface area (Å²) in [6, 6.07) is 5.88. The lowest BCUT2D eigenvalue weighted by atomic mass is 10.0. The Morgan fingerprint density at radius 2 is 2.33 bits per heavy atom. The van der Waals surface area contributed by atoms with Gasteiger partial charge in [-0.2, -0.15) is 0 Å². The first-order chi connectivity index (χ1) is 10.2. The van der Waals surface area contributed by atoms with Gasteiger partial charge in [-0.1, -0.05) is 11.6 Å². The summed E-state index contributed by atoms with van der Waals surface area (Å²) in [7, 11) is 0. The number of nitrogens with zero attached hydrogens (tertiary/aromatic N) is 2. The summed E-state index contributed by atoms with van der Waals surface area (Å²) in [6.07, 6.45) is 4.11. The molecule has 1 saturated heterocycles. The Labute approximate surface area is 129 Å². The summed E-state index contributed by atoms with van der Waals surface area (Å²) in [6.45, 7) is 2.14. The normalized spacial score (nSPS) is 19.2. The third-order valence-corrected chi connectivity index (χ3v) is 4.33. The molecule has 1 aromatic carbocycles. The molecule has 0 amide bonds. The van der Waals surface area contributed by atoms with Crippen LogP contribution in [0.3, 0.4) is 0 Å². The number of pyridine rings is 1. The molecule has 0 unspecified atom stereocenters. The van der Waals surface area contributed by atoms with Gasteiger partial charge in [0.2, 0.25) is 0 Å². The number of hydrogen-bond acceptors (Lipinski definition) is 4. The molecule has 1 fully saturated rings. The van der Waals surface area contributed by atoms with Gasteiger partial charge in [-0.25, -0.2) is 0 Å². The molecular formula is C16H20ClN3O. The number of halogens is 1. The highest BCUT2D eigenvalue weighted by Crippen LogP contribution is 2.36. The van der Waals surface area contributed by atoms with Crippen LogP contribution in [0.4, 0.5) is 5.69 Å². The van der Waals surface area contributed by atoms with Crippen molar-refractivity contribution in [2.45, 2.75) is 25.4 Å². The number of rotatable bonds is 3. The molecule has 1 aliphatic rings. The van der Waals surface area contributed by atoms with Gasteiger partial charge in [0.15, 0.2) is 0 Å². The van der Waals surface area contributed by atoms with E-state index in [2.05, 4.69) is 9.88 Å². The second-order valence-corrected chi connectivity index (χ2v) is 5.95. The zero-order valence-corrected chi connectivity index (χ0v) is 12.7. The van der Waals surface area contributed by atoms with Crippen LogP contribution in [-0.4, -0.2) is 35.8 Å². The second-order valence-electron chi connectivity index (χ2n) is 5.55. The average Bonchev–Trinajstić information content (AvgIpc) is 2.48. The molecule has 0 saturated carbocycles. The standard InChI is InChI=1S/C16H20ClN3O/c17-14-9-11(5-6-18)16(15-13(14)4-1-7-19-15)20-8-2-3-12(21)10-20/h1,4,7,9,12,21H,2-3,5-6,8,10,18H2/t12-/m0/s1. The summed E-state index contributed by atoms with van der Waals surface area (Å²) in [5.41, 5.74) is 8.85. The fraction of sp³-hybridized carbons (Fsp3) is 0.438. The topological polar surface area (TPSA) is 62.4 Å². The Morgan fingerprint density at radius 3 is 3.10 bits per heavy atom. The van der Waals surface area contributed by atoms with E-state index in [1.54, 1.807) is 6.20 Å². The molecule has 0 aliphatic carbocycles. The molecular weight excluding hydrogens is 286 g/mol. The van der Waals surface area contributed by atoms with E-state index in [9.17, 15) is 5.11 Å². The SMILES string of the molecule is NCCc1cc(Cl)c2cccnc2c1N1CCC[C@H](O)C1. The third-order valence-electron chi connectivity index (χ3n) is 4.02. The maximum atomic E-state index is 9.98. The highest BCUT2D eigenvalue weighted by atomic mass is 35.5. The van der Waals surface area contributed by atoms with Gasteiger partial charge in [-0.3, -0.25) is 4.98 Å². The largest absolute Gasteiger partial charge is 0.391 e. The maximum Gasteiger partial charge on any atom is 0.0953 e. The Morgan fingerprint density at radius 1 is 1.48 bits per heavy atom. The summed E-state index contributed by atoms with van der Waals surface area (Å²) in [5, 5.41) is 11.6. The molecule has 5 heteroatoms. The number of aromatic nitrogens is 1. The van der Waals surface area contributed by atoms with Crippen molar-refractivity contribution in [2.75, 3.05) is 24.5 Å². The average molecular weight is 306 g/mol. The quantitative estimate of drug-likeness (QED) is 0.914. The lowest BCUT2D eigenvalue weighted by Crippen LogP contribution is -2.39. The first-order valence-corrected chi connectivity index (χ1v) is 7.77. The van der Waals surface area contributed by atoms with Crippen molar-refractivity contribution in [3.8, 4) is 0 Å². The van der Waals surface area contributed by atoms with Crippen LogP contribution >= 0.6 is 11.6 Å². The van der Waals surface area contributed by atoms with Crippen LogP contribution in [0.15, 0.2) is 24.4 Å². The minimum absolute atomic E-state index is 0.279. The molecule has 3 N–H and O–H groups in total. The van der Waals surface area contributed by atoms with E-state index in [0.717, 1.165) is 48.0 Å². The molecule has 2 heterocycles. The molecule has 0 bridgehead atoms. The molecule has 4 nitrogen and oxygen atoms in total. The molecule has 2 aromatic rings. The first-order valence-electron chi connectivity index (χ1n) is 7.40. The minimum Gasteiger partial charge on any atom is -0.391 e. The predicted molar refractivity (Wildman–Crippen MR) is 87.0 cm³/mol. The molecule has 1 aliphatic heterocycles. The van der Waals surface area contributed by atoms with Crippen LogP contribution in [0, 0.1) is 0 Å². The van der Waals surface area contributed by atoms with Gasteiger partial charge in [0.05, 0.1) is 22.3 Å². The Kier molecular flexibility index (Phi) is 4.29. The van der Waals surface area contributed by atoms with Crippen LogP contribution in [0.2, 0.25) is 5.02 Å². The van der Waals surface area contributed by atoms with Crippen LogP contribution in [-0.2, 0) is 6.42 Å². The van der Waals surface area contributed by atoms with Crippen molar-refractivity contribution in [3.05, 3.63) is 35.0 Å². The predicted octanol–water partition coefficient (Wildman–Crippen LogP) is 2.35. The van der Waals surface area contributed by atoms with Crippen LogP contribution < -0.4 is 10.6 Å². The Hall–Kier alpha value is -1.36. The summed E-state index contributed by atoms with van der Waals surface area (Å²) in [5.74, 6) is 0. The van der Waals surface area contributed by atoms with E-state index in [1.807, 2.05) is 18.2 Å². The molecule has 3 rings (SSSR count). The zero-order valence-electron chi connectivity index (χ0n) is 11.9. The number of nitrogens with two attached hydrogens (primary N) is 1. The van der Waals surface area contributed by atoms with E-state index in [0.29, 0.717) is 18.1 Å². The Bertz CT molecular complexity index is 647. The molecule has 112 valence electrons. The van der Waals surface area contributed by atoms with Gasteiger partial charge in [0.1, 0.15) is 0 Å². The van der Waals surface area contributed by atoms with Gasteiger partial charge in [0.25, 0.3) is 0 Å². The highest BCUT2D eigenvalue weighted by Gasteiger charge is 2.23. The highest BCUT2D eigenvalue weighted by molar-refractivity contribution is 6.36. The van der Waals surface area contributed by atoms with Crippen molar-refractivity contribution in [1.82, 2.24) is 4.98 Å². The van der Waals surface area contributed by atoms with Gasteiger partial charge >= 0.3 is 0 Å². The number of hydrogen-bond donors (Lipinski definition) is 2. The van der Waals surface area contributed by atoms with Crippen molar-refractivity contribution < 1.29 is 5.11 Å². The minimum atomic E-state index is -0.279. The number of aliphatic hydroxyl groups excluding tert-OH is 1. The maximum absolute atomic E-state index is 9.98. The number of anilines is 1.